The van der Waals surface area contributed by atoms with Gasteiger partial charge in [-0.05, 0) is 38.5 Å². The molecule has 6 heteroatoms. The van der Waals surface area contributed by atoms with Crippen LogP contribution >= 0.6 is 0 Å². The van der Waals surface area contributed by atoms with E-state index in [2.05, 4.69) is 4.72 Å². The molecule has 0 saturated heterocycles. The van der Waals surface area contributed by atoms with Crippen molar-refractivity contribution < 1.29 is 18.3 Å². The summed E-state index contributed by atoms with van der Waals surface area (Å²) in [5, 5.41) is 9.50. The zero-order chi connectivity index (χ0) is 14.7. The van der Waals surface area contributed by atoms with Gasteiger partial charge in [-0.15, -0.1) is 0 Å². The lowest BCUT2D eigenvalue weighted by molar-refractivity contribution is 0.141. The van der Waals surface area contributed by atoms with Gasteiger partial charge in [0.25, 0.3) is 0 Å². The molecule has 1 aromatic carbocycles. The van der Waals surface area contributed by atoms with E-state index in [0.717, 1.165) is 0 Å². The molecule has 0 fully saturated rings. The lowest BCUT2D eigenvalue weighted by atomic mass is 10.1. The van der Waals surface area contributed by atoms with Crippen molar-refractivity contribution in [2.24, 2.45) is 0 Å². The summed E-state index contributed by atoms with van der Waals surface area (Å²) in [5.41, 5.74) is -0.138. The Morgan fingerprint density at radius 2 is 2.05 bits per heavy atom. The normalized spacial score (nSPS) is 14.4. The Kier molecular flexibility index (Phi) is 5.09. The number of rotatable bonds is 6. The minimum Gasteiger partial charge on any atom is -0.389 e. The number of hydrogen-bond donors (Lipinski definition) is 2. The van der Waals surface area contributed by atoms with E-state index in [1.807, 2.05) is 0 Å². The molecule has 0 aliphatic carbocycles. The highest BCUT2D eigenvalue weighted by Gasteiger charge is 2.26. The minimum atomic E-state index is -3.64. The molecular formula is C13H21NO4S. The van der Waals surface area contributed by atoms with Gasteiger partial charge in [0.05, 0.1) is 23.1 Å². The first-order valence-electron chi connectivity index (χ1n) is 5.99. The Morgan fingerprint density at radius 3 is 2.58 bits per heavy atom. The number of nitrogens with one attached hydrogen (secondary N) is 1. The topological polar surface area (TPSA) is 75.6 Å². The standard InChI is InChI=1S/C13H21NO4S/c1-10(15)11-6-5-7-12(8-11)19(16,17)14-13(2,3)9-18-4/h5-8,10,14-15H,9H2,1-4H3. The highest BCUT2D eigenvalue weighted by Crippen LogP contribution is 2.18. The summed E-state index contributed by atoms with van der Waals surface area (Å²) in [4.78, 5) is 0.134. The second-order valence-corrected chi connectivity index (χ2v) is 6.85. The van der Waals surface area contributed by atoms with Crippen molar-refractivity contribution in [3.05, 3.63) is 29.8 Å². The zero-order valence-corrected chi connectivity index (χ0v) is 12.5. The molecule has 0 spiro atoms. The summed E-state index contributed by atoms with van der Waals surface area (Å²) in [6.45, 7) is 5.34. The number of methoxy groups -OCH3 is 1. The first-order chi connectivity index (χ1) is 8.68. The molecule has 0 bridgehead atoms. The fraction of sp³-hybridized carbons (Fsp3) is 0.538. The van der Waals surface area contributed by atoms with E-state index in [1.54, 1.807) is 32.9 Å². The number of sulfonamides is 1. The SMILES string of the molecule is COCC(C)(C)NS(=O)(=O)c1cccc(C(C)O)c1. The molecule has 0 aliphatic heterocycles. The van der Waals surface area contributed by atoms with E-state index in [4.69, 9.17) is 4.74 Å². The molecule has 0 aliphatic rings. The third-order valence-electron chi connectivity index (χ3n) is 2.57. The highest BCUT2D eigenvalue weighted by molar-refractivity contribution is 7.89. The summed E-state index contributed by atoms with van der Waals surface area (Å²) < 4.78 is 32.1. The summed E-state index contributed by atoms with van der Waals surface area (Å²) >= 11 is 0. The fourth-order valence-electron chi connectivity index (χ4n) is 1.75. The quantitative estimate of drug-likeness (QED) is 0.830. The maximum absolute atomic E-state index is 12.2. The molecular weight excluding hydrogens is 266 g/mol. The van der Waals surface area contributed by atoms with Crippen LogP contribution in [0.25, 0.3) is 0 Å². The minimum absolute atomic E-state index is 0.134. The molecule has 1 atom stereocenters. The van der Waals surface area contributed by atoms with Crippen molar-refractivity contribution >= 4 is 10.0 Å². The summed E-state index contributed by atoms with van der Waals surface area (Å²) in [6.07, 6.45) is -0.706. The Labute approximate surface area is 114 Å². The van der Waals surface area contributed by atoms with E-state index in [0.29, 0.717) is 5.56 Å². The molecule has 0 heterocycles. The van der Waals surface area contributed by atoms with Gasteiger partial charge < -0.3 is 9.84 Å². The van der Waals surface area contributed by atoms with Crippen molar-refractivity contribution in [1.29, 1.82) is 0 Å². The molecule has 0 radical (unpaired) electrons. The van der Waals surface area contributed by atoms with Crippen LogP contribution in [0.4, 0.5) is 0 Å². The largest absolute Gasteiger partial charge is 0.389 e. The van der Waals surface area contributed by atoms with Crippen LogP contribution in [-0.4, -0.2) is 32.8 Å². The maximum atomic E-state index is 12.2. The van der Waals surface area contributed by atoms with Crippen LogP contribution in [-0.2, 0) is 14.8 Å². The smallest absolute Gasteiger partial charge is 0.241 e. The van der Waals surface area contributed by atoms with Crippen LogP contribution in [0.2, 0.25) is 0 Å². The number of ether oxygens (including phenoxy) is 1. The molecule has 1 aromatic rings. The predicted octanol–water partition coefficient (Wildman–Crippen LogP) is 1.44. The summed E-state index contributed by atoms with van der Waals surface area (Å²) in [7, 11) is -2.12. The molecule has 1 unspecified atom stereocenters. The van der Waals surface area contributed by atoms with Gasteiger partial charge >= 0.3 is 0 Å². The van der Waals surface area contributed by atoms with Crippen LogP contribution in [0.3, 0.4) is 0 Å². The number of hydrogen-bond acceptors (Lipinski definition) is 4. The van der Waals surface area contributed by atoms with E-state index in [9.17, 15) is 13.5 Å². The average molecular weight is 287 g/mol. The Hall–Kier alpha value is -0.950. The van der Waals surface area contributed by atoms with Gasteiger partial charge in [0.15, 0.2) is 0 Å². The van der Waals surface area contributed by atoms with Gasteiger partial charge in [0.1, 0.15) is 0 Å². The molecule has 19 heavy (non-hydrogen) atoms. The molecule has 0 amide bonds. The van der Waals surface area contributed by atoms with Gasteiger partial charge in [-0.25, -0.2) is 13.1 Å². The van der Waals surface area contributed by atoms with Crippen molar-refractivity contribution in [3.8, 4) is 0 Å². The summed E-state index contributed by atoms with van der Waals surface area (Å²) in [5.74, 6) is 0. The van der Waals surface area contributed by atoms with Gasteiger partial charge in [-0.2, -0.15) is 0 Å². The molecule has 108 valence electrons. The highest BCUT2D eigenvalue weighted by atomic mass is 32.2. The number of benzene rings is 1. The lowest BCUT2D eigenvalue weighted by Crippen LogP contribution is -2.46. The summed E-state index contributed by atoms with van der Waals surface area (Å²) in [6, 6.07) is 6.26. The molecule has 1 rings (SSSR count). The fourth-order valence-corrected chi connectivity index (χ4v) is 3.21. The second-order valence-electron chi connectivity index (χ2n) is 5.17. The number of aliphatic hydroxyl groups is 1. The van der Waals surface area contributed by atoms with Crippen molar-refractivity contribution in [2.75, 3.05) is 13.7 Å². The Balaban J connectivity index is 3.04. The van der Waals surface area contributed by atoms with Crippen LogP contribution in [0.1, 0.15) is 32.4 Å². The monoisotopic (exact) mass is 287 g/mol. The lowest BCUT2D eigenvalue weighted by Gasteiger charge is -2.25. The van der Waals surface area contributed by atoms with Crippen LogP contribution in [0.15, 0.2) is 29.2 Å². The van der Waals surface area contributed by atoms with Gasteiger partial charge in [-0.1, -0.05) is 12.1 Å². The van der Waals surface area contributed by atoms with Gasteiger partial charge in [0.2, 0.25) is 10.0 Å². The third-order valence-corrected chi connectivity index (χ3v) is 4.26. The van der Waals surface area contributed by atoms with Gasteiger partial charge in [0, 0.05) is 7.11 Å². The Bertz CT molecular complexity index is 523. The molecule has 5 nitrogen and oxygen atoms in total. The van der Waals surface area contributed by atoms with Crippen LogP contribution in [0, 0.1) is 0 Å². The third kappa shape index (κ3) is 4.58. The van der Waals surface area contributed by atoms with Crippen molar-refractivity contribution in [2.45, 2.75) is 37.3 Å². The number of aliphatic hydroxyl groups excluding tert-OH is 1. The van der Waals surface area contributed by atoms with Crippen molar-refractivity contribution in [3.63, 3.8) is 0 Å². The Morgan fingerprint density at radius 1 is 1.42 bits per heavy atom. The molecule has 2 N–H and O–H groups in total. The molecule has 0 saturated carbocycles. The van der Waals surface area contributed by atoms with E-state index in [1.165, 1.54) is 19.2 Å². The van der Waals surface area contributed by atoms with E-state index < -0.39 is 21.7 Å². The zero-order valence-electron chi connectivity index (χ0n) is 11.7. The molecule has 0 aromatic heterocycles. The van der Waals surface area contributed by atoms with Crippen molar-refractivity contribution in [1.82, 2.24) is 4.72 Å². The average Bonchev–Trinajstić information content (AvgIpc) is 2.27. The van der Waals surface area contributed by atoms with Crippen LogP contribution < -0.4 is 4.72 Å². The van der Waals surface area contributed by atoms with Crippen LogP contribution in [0.5, 0.6) is 0 Å². The van der Waals surface area contributed by atoms with E-state index in [-0.39, 0.29) is 11.5 Å². The van der Waals surface area contributed by atoms with E-state index >= 15 is 0 Å². The first-order valence-corrected chi connectivity index (χ1v) is 7.47. The predicted molar refractivity (Wildman–Crippen MR) is 73.4 cm³/mol. The first kappa shape index (κ1) is 16.1. The maximum Gasteiger partial charge on any atom is 0.241 e. The van der Waals surface area contributed by atoms with Gasteiger partial charge in [-0.3, -0.25) is 0 Å². The second kappa shape index (κ2) is 6.00.